The number of hydrogen-bond acceptors (Lipinski definition) is 5. The molecule has 0 aliphatic heterocycles. The topological polar surface area (TPSA) is 92.3 Å². The van der Waals surface area contributed by atoms with Crippen LogP contribution in [0.4, 0.5) is 0 Å². The van der Waals surface area contributed by atoms with Gasteiger partial charge in [-0.05, 0) is 24.3 Å². The largest absolute Gasteiger partial charge is 0.504 e. The second kappa shape index (κ2) is 6.37. The van der Waals surface area contributed by atoms with E-state index in [0.29, 0.717) is 16.9 Å². The van der Waals surface area contributed by atoms with Gasteiger partial charge in [0.05, 0.1) is 7.11 Å². The Kier molecular flexibility index (Phi) is 4.11. The lowest BCUT2D eigenvalue weighted by Crippen LogP contribution is -2.03. The molecule has 0 saturated carbocycles. The number of rotatable bonds is 5. The molecule has 24 heavy (non-hydrogen) atoms. The molecule has 0 fully saturated rings. The molecule has 0 bridgehead atoms. The van der Waals surface area contributed by atoms with Crippen molar-refractivity contribution in [2.24, 2.45) is 0 Å². The van der Waals surface area contributed by atoms with Crippen LogP contribution in [0.5, 0.6) is 11.5 Å². The van der Waals surface area contributed by atoms with Crippen molar-refractivity contribution in [1.29, 1.82) is 0 Å². The van der Waals surface area contributed by atoms with Crippen molar-refractivity contribution >= 4 is 11.6 Å². The summed E-state index contributed by atoms with van der Waals surface area (Å²) in [5.74, 6) is -0.768. The van der Waals surface area contributed by atoms with Gasteiger partial charge in [-0.3, -0.25) is 14.7 Å². The average Bonchev–Trinajstić information content (AvgIpc) is 3.02. The molecule has 0 atom stereocenters. The van der Waals surface area contributed by atoms with Crippen LogP contribution in [0.3, 0.4) is 0 Å². The lowest BCUT2D eigenvalue weighted by molar-refractivity contribution is 0.102. The number of carbonyl (C=O) groups is 2. The third kappa shape index (κ3) is 2.77. The molecule has 0 amide bonds. The van der Waals surface area contributed by atoms with E-state index in [1.807, 2.05) is 0 Å². The Hall–Kier alpha value is -3.41. The molecule has 0 saturated heterocycles. The molecule has 2 aromatic carbocycles. The predicted octanol–water partition coefficient (Wildman–Crippen LogP) is 2.59. The van der Waals surface area contributed by atoms with E-state index in [9.17, 15) is 14.7 Å². The number of H-pyrrole nitrogens is 1. The lowest BCUT2D eigenvalue weighted by atomic mass is 10.0. The molecule has 0 radical (unpaired) electrons. The molecular formula is C18H14N2O4. The van der Waals surface area contributed by atoms with Gasteiger partial charge < -0.3 is 9.84 Å². The Bertz CT molecular complexity index is 883. The molecule has 6 nitrogen and oxygen atoms in total. The molecule has 0 unspecified atom stereocenters. The van der Waals surface area contributed by atoms with Crippen molar-refractivity contribution in [2.45, 2.75) is 0 Å². The fourth-order valence-electron chi connectivity index (χ4n) is 2.27. The first-order valence-electron chi connectivity index (χ1n) is 7.17. The smallest absolute Gasteiger partial charge is 0.217 e. The quantitative estimate of drug-likeness (QED) is 0.704. The first-order chi connectivity index (χ1) is 11.6. The van der Waals surface area contributed by atoms with E-state index in [0.717, 1.165) is 0 Å². The van der Waals surface area contributed by atoms with Gasteiger partial charge in [0.1, 0.15) is 11.4 Å². The van der Waals surface area contributed by atoms with Crippen LogP contribution in [-0.4, -0.2) is 34.0 Å². The van der Waals surface area contributed by atoms with Gasteiger partial charge in [0.2, 0.25) is 11.6 Å². The average molecular weight is 322 g/mol. The van der Waals surface area contributed by atoms with E-state index in [2.05, 4.69) is 10.2 Å². The van der Waals surface area contributed by atoms with E-state index >= 15 is 0 Å². The van der Waals surface area contributed by atoms with Gasteiger partial charge in [-0.25, -0.2) is 0 Å². The third-order valence-corrected chi connectivity index (χ3v) is 3.57. The summed E-state index contributed by atoms with van der Waals surface area (Å²) in [6.07, 6.45) is 0. The number of hydrogen-bond donors (Lipinski definition) is 2. The van der Waals surface area contributed by atoms with Gasteiger partial charge >= 0.3 is 0 Å². The number of benzene rings is 2. The number of nitrogens with one attached hydrogen (secondary N) is 1. The van der Waals surface area contributed by atoms with Gasteiger partial charge in [0.25, 0.3) is 0 Å². The normalized spacial score (nSPS) is 10.4. The van der Waals surface area contributed by atoms with Gasteiger partial charge in [0.15, 0.2) is 11.4 Å². The van der Waals surface area contributed by atoms with Crippen LogP contribution < -0.4 is 4.74 Å². The molecule has 120 valence electrons. The van der Waals surface area contributed by atoms with Gasteiger partial charge in [-0.2, -0.15) is 5.10 Å². The first-order valence-corrected chi connectivity index (χ1v) is 7.17. The van der Waals surface area contributed by atoms with Crippen molar-refractivity contribution < 1.29 is 19.4 Å². The summed E-state index contributed by atoms with van der Waals surface area (Å²) in [7, 11) is 1.53. The summed E-state index contributed by atoms with van der Waals surface area (Å²) >= 11 is 0. The molecule has 0 aliphatic rings. The van der Waals surface area contributed by atoms with E-state index in [-0.39, 0.29) is 11.4 Å². The summed E-state index contributed by atoms with van der Waals surface area (Å²) in [5, 5.41) is 16.5. The van der Waals surface area contributed by atoms with E-state index in [1.54, 1.807) is 54.6 Å². The minimum atomic E-state index is -0.487. The van der Waals surface area contributed by atoms with Gasteiger partial charge in [-0.1, -0.05) is 30.3 Å². The highest BCUT2D eigenvalue weighted by molar-refractivity contribution is 6.14. The monoisotopic (exact) mass is 322 g/mol. The zero-order chi connectivity index (χ0) is 17.1. The predicted molar refractivity (Wildman–Crippen MR) is 86.6 cm³/mol. The molecular weight excluding hydrogens is 308 g/mol. The highest BCUT2D eigenvalue weighted by Crippen LogP contribution is 2.25. The standard InChI is InChI=1S/C18H14N2O4/c1-24-13-9-7-12(8-10-13)17(22)15-18(23)14(19-20-15)16(21)11-5-3-2-4-6-11/h2-10,23H,1H3,(H,19,20). The number of carbonyl (C=O) groups excluding carboxylic acids is 2. The fraction of sp³-hybridized carbons (Fsp3) is 0.0556. The number of aromatic amines is 1. The number of aromatic nitrogens is 2. The molecule has 1 heterocycles. The molecule has 2 N–H and O–H groups in total. The van der Waals surface area contributed by atoms with Gasteiger partial charge in [0, 0.05) is 11.1 Å². The highest BCUT2D eigenvalue weighted by Gasteiger charge is 2.24. The minimum absolute atomic E-state index is 0.113. The Morgan fingerprint density at radius 1 is 0.958 bits per heavy atom. The second-order valence-corrected chi connectivity index (χ2v) is 5.05. The SMILES string of the molecule is COc1ccc(C(=O)c2n[nH]c(C(=O)c3ccccc3)c2O)cc1. The number of ether oxygens (including phenoxy) is 1. The van der Waals surface area contributed by atoms with Crippen molar-refractivity contribution in [3.8, 4) is 11.5 Å². The maximum Gasteiger partial charge on any atom is 0.217 e. The minimum Gasteiger partial charge on any atom is -0.504 e. The van der Waals surface area contributed by atoms with Crippen LogP contribution in [0.2, 0.25) is 0 Å². The second-order valence-electron chi connectivity index (χ2n) is 5.05. The number of nitrogens with zero attached hydrogens (tertiary/aromatic N) is 1. The number of aromatic hydroxyl groups is 1. The Morgan fingerprint density at radius 2 is 1.58 bits per heavy atom. The number of methoxy groups -OCH3 is 1. The third-order valence-electron chi connectivity index (χ3n) is 3.57. The van der Waals surface area contributed by atoms with Gasteiger partial charge in [-0.15, -0.1) is 0 Å². The van der Waals surface area contributed by atoms with Crippen molar-refractivity contribution in [3.05, 3.63) is 77.1 Å². The van der Waals surface area contributed by atoms with Crippen LogP contribution in [0.15, 0.2) is 54.6 Å². The van der Waals surface area contributed by atoms with Crippen LogP contribution in [-0.2, 0) is 0 Å². The Balaban J connectivity index is 1.91. The zero-order valence-electron chi connectivity index (χ0n) is 12.8. The van der Waals surface area contributed by atoms with Crippen LogP contribution in [0, 0.1) is 0 Å². The van der Waals surface area contributed by atoms with E-state index in [4.69, 9.17) is 4.74 Å². The maximum atomic E-state index is 12.4. The summed E-state index contributed by atoms with van der Waals surface area (Å²) in [5.41, 5.74) is 0.411. The Labute approximate surface area is 137 Å². The van der Waals surface area contributed by atoms with Crippen molar-refractivity contribution in [2.75, 3.05) is 7.11 Å². The number of ketones is 2. The lowest BCUT2D eigenvalue weighted by Gasteiger charge is -2.02. The summed E-state index contributed by atoms with van der Waals surface area (Å²) < 4.78 is 5.04. The van der Waals surface area contributed by atoms with Crippen molar-refractivity contribution in [3.63, 3.8) is 0 Å². The van der Waals surface area contributed by atoms with Crippen LogP contribution >= 0.6 is 0 Å². The molecule has 6 heteroatoms. The molecule has 0 aliphatic carbocycles. The summed E-state index contributed by atoms with van der Waals surface area (Å²) in [6, 6.07) is 14.8. The van der Waals surface area contributed by atoms with E-state index < -0.39 is 17.3 Å². The summed E-state index contributed by atoms with van der Waals surface area (Å²) in [4.78, 5) is 24.8. The molecule has 3 aromatic rings. The fourth-order valence-corrected chi connectivity index (χ4v) is 2.27. The summed E-state index contributed by atoms with van der Waals surface area (Å²) in [6.45, 7) is 0. The first kappa shape index (κ1) is 15.5. The van der Waals surface area contributed by atoms with E-state index in [1.165, 1.54) is 7.11 Å². The Morgan fingerprint density at radius 3 is 2.21 bits per heavy atom. The van der Waals surface area contributed by atoms with Crippen molar-refractivity contribution in [1.82, 2.24) is 10.2 Å². The maximum absolute atomic E-state index is 12.4. The van der Waals surface area contributed by atoms with Crippen LogP contribution in [0.25, 0.3) is 0 Å². The zero-order valence-corrected chi connectivity index (χ0v) is 12.8. The van der Waals surface area contributed by atoms with Crippen LogP contribution in [0.1, 0.15) is 32.1 Å². The molecule has 1 aromatic heterocycles. The highest BCUT2D eigenvalue weighted by atomic mass is 16.5. The molecule has 0 spiro atoms. The molecule has 3 rings (SSSR count).